The van der Waals surface area contributed by atoms with E-state index in [1.807, 2.05) is 26.0 Å². The molecular weight excluding hydrogens is 348 g/mol. The molecular formula is C19H20N4O4. The van der Waals surface area contributed by atoms with Crippen molar-refractivity contribution in [1.29, 1.82) is 0 Å². The van der Waals surface area contributed by atoms with Crippen LogP contribution in [0.1, 0.15) is 40.0 Å². The predicted molar refractivity (Wildman–Crippen MR) is 96.3 cm³/mol. The number of hydrogen-bond acceptors (Lipinski definition) is 8. The van der Waals surface area contributed by atoms with Gasteiger partial charge in [0.25, 0.3) is 0 Å². The molecule has 0 fully saturated rings. The first kappa shape index (κ1) is 18.5. The van der Waals surface area contributed by atoms with E-state index in [0.717, 1.165) is 16.8 Å². The summed E-state index contributed by atoms with van der Waals surface area (Å²) in [6.07, 6.45) is 1.75. The van der Waals surface area contributed by atoms with E-state index in [0.29, 0.717) is 22.9 Å². The van der Waals surface area contributed by atoms with Crippen LogP contribution < -0.4 is 4.74 Å². The first-order valence-electron chi connectivity index (χ1n) is 8.52. The van der Waals surface area contributed by atoms with Crippen LogP contribution in [0.3, 0.4) is 0 Å². The Hall–Kier alpha value is -3.29. The van der Waals surface area contributed by atoms with Crippen molar-refractivity contribution in [3.8, 4) is 17.1 Å². The molecule has 0 aliphatic carbocycles. The number of carbonyl (C=O) groups excluding carboxylic acids is 1. The average molecular weight is 368 g/mol. The summed E-state index contributed by atoms with van der Waals surface area (Å²) in [7, 11) is 0. The number of nitrogens with zero attached hydrogens (tertiary/aromatic N) is 4. The van der Waals surface area contributed by atoms with Gasteiger partial charge in [-0.3, -0.25) is 4.98 Å². The van der Waals surface area contributed by atoms with Crippen LogP contribution in [-0.4, -0.2) is 32.9 Å². The fourth-order valence-electron chi connectivity index (χ4n) is 2.46. The highest BCUT2D eigenvalue weighted by Crippen LogP contribution is 2.26. The summed E-state index contributed by atoms with van der Waals surface area (Å²) in [5.41, 5.74) is 4.07. The van der Waals surface area contributed by atoms with E-state index in [4.69, 9.17) is 14.0 Å². The normalized spacial score (nSPS) is 10.7. The van der Waals surface area contributed by atoms with Crippen molar-refractivity contribution in [2.75, 3.05) is 6.61 Å². The van der Waals surface area contributed by atoms with Gasteiger partial charge in [-0.1, -0.05) is 5.16 Å². The SMILES string of the molecule is CCOC(=O)c1cc(C)c(OCc2c(-c3ccc(C)nc3)noc2C)nn1. The van der Waals surface area contributed by atoms with Crippen LogP contribution in [0, 0.1) is 20.8 Å². The van der Waals surface area contributed by atoms with Crippen molar-refractivity contribution in [2.24, 2.45) is 0 Å². The van der Waals surface area contributed by atoms with Gasteiger partial charge in [-0.25, -0.2) is 4.79 Å². The Bertz CT molecular complexity index is 951. The minimum atomic E-state index is -0.510. The standard InChI is InChI=1S/C19H20N4O4/c1-5-25-19(24)16-8-11(2)18(22-21-16)26-10-15-13(4)27-23-17(15)14-7-6-12(3)20-9-14/h6-9H,5,10H2,1-4H3. The maximum atomic E-state index is 11.7. The van der Waals surface area contributed by atoms with E-state index in [9.17, 15) is 4.79 Å². The first-order valence-corrected chi connectivity index (χ1v) is 8.52. The molecule has 140 valence electrons. The molecule has 0 spiro atoms. The van der Waals surface area contributed by atoms with Gasteiger partial charge in [-0.2, -0.15) is 0 Å². The molecule has 0 amide bonds. The Morgan fingerprint density at radius 3 is 2.67 bits per heavy atom. The third kappa shape index (κ3) is 4.11. The van der Waals surface area contributed by atoms with Crippen LogP contribution in [-0.2, 0) is 11.3 Å². The quantitative estimate of drug-likeness (QED) is 0.612. The van der Waals surface area contributed by atoms with Crippen LogP contribution >= 0.6 is 0 Å². The average Bonchev–Trinajstić information content (AvgIpc) is 3.02. The van der Waals surface area contributed by atoms with Gasteiger partial charge >= 0.3 is 5.97 Å². The number of aryl methyl sites for hydroxylation is 3. The zero-order valence-electron chi connectivity index (χ0n) is 15.6. The van der Waals surface area contributed by atoms with Gasteiger partial charge in [0.2, 0.25) is 5.88 Å². The molecule has 0 unspecified atom stereocenters. The Kier molecular flexibility index (Phi) is 5.44. The highest BCUT2D eigenvalue weighted by molar-refractivity contribution is 5.87. The van der Waals surface area contributed by atoms with Crippen molar-refractivity contribution in [3.05, 3.63) is 52.7 Å². The smallest absolute Gasteiger partial charge is 0.358 e. The molecule has 0 bridgehead atoms. The molecule has 0 radical (unpaired) electrons. The highest BCUT2D eigenvalue weighted by Gasteiger charge is 2.17. The van der Waals surface area contributed by atoms with E-state index in [1.165, 1.54) is 0 Å². The highest BCUT2D eigenvalue weighted by atomic mass is 16.5. The summed E-state index contributed by atoms with van der Waals surface area (Å²) in [6, 6.07) is 5.43. The Balaban J connectivity index is 1.78. The van der Waals surface area contributed by atoms with Crippen LogP contribution in [0.15, 0.2) is 28.9 Å². The fraction of sp³-hybridized carbons (Fsp3) is 0.316. The molecule has 0 atom stereocenters. The van der Waals surface area contributed by atoms with E-state index < -0.39 is 5.97 Å². The van der Waals surface area contributed by atoms with Crippen LogP contribution in [0.2, 0.25) is 0 Å². The summed E-state index contributed by atoms with van der Waals surface area (Å²) >= 11 is 0. The second-order valence-corrected chi connectivity index (χ2v) is 5.98. The van der Waals surface area contributed by atoms with Crippen molar-refractivity contribution in [3.63, 3.8) is 0 Å². The van der Waals surface area contributed by atoms with E-state index >= 15 is 0 Å². The third-order valence-electron chi connectivity index (χ3n) is 3.95. The second-order valence-electron chi connectivity index (χ2n) is 5.98. The topological polar surface area (TPSA) is 100 Å². The predicted octanol–water partition coefficient (Wildman–Crippen LogP) is 3.21. The Morgan fingerprint density at radius 2 is 2.00 bits per heavy atom. The van der Waals surface area contributed by atoms with E-state index in [2.05, 4.69) is 20.3 Å². The van der Waals surface area contributed by atoms with Gasteiger partial charge in [-0.15, -0.1) is 10.2 Å². The molecule has 3 heterocycles. The maximum absolute atomic E-state index is 11.7. The lowest BCUT2D eigenvalue weighted by Gasteiger charge is -2.09. The van der Waals surface area contributed by atoms with Crippen molar-refractivity contribution >= 4 is 5.97 Å². The van der Waals surface area contributed by atoms with Gasteiger partial charge < -0.3 is 14.0 Å². The number of ether oxygens (including phenoxy) is 2. The molecule has 3 aromatic rings. The zero-order chi connectivity index (χ0) is 19.4. The minimum Gasteiger partial charge on any atom is -0.471 e. The largest absolute Gasteiger partial charge is 0.471 e. The monoisotopic (exact) mass is 368 g/mol. The molecule has 3 aromatic heterocycles. The molecule has 0 saturated heterocycles. The molecule has 0 N–H and O–H groups in total. The van der Waals surface area contributed by atoms with Crippen molar-refractivity contribution < 1.29 is 18.8 Å². The minimum absolute atomic E-state index is 0.147. The van der Waals surface area contributed by atoms with Gasteiger partial charge in [0.15, 0.2) is 5.69 Å². The second kappa shape index (κ2) is 7.94. The summed E-state index contributed by atoms with van der Waals surface area (Å²) in [5, 5.41) is 12.0. The maximum Gasteiger partial charge on any atom is 0.358 e. The third-order valence-corrected chi connectivity index (χ3v) is 3.95. The molecule has 0 aromatic carbocycles. The van der Waals surface area contributed by atoms with Crippen molar-refractivity contribution in [1.82, 2.24) is 20.3 Å². The summed E-state index contributed by atoms with van der Waals surface area (Å²) in [5.74, 6) is 0.472. The summed E-state index contributed by atoms with van der Waals surface area (Å²) < 4.78 is 16.0. The Labute approximate surface area is 156 Å². The molecule has 8 nitrogen and oxygen atoms in total. The number of carbonyl (C=O) groups is 1. The van der Waals surface area contributed by atoms with Gasteiger partial charge in [0, 0.05) is 23.0 Å². The van der Waals surface area contributed by atoms with Crippen molar-refractivity contribution in [2.45, 2.75) is 34.3 Å². The molecule has 0 aliphatic heterocycles. The molecule has 27 heavy (non-hydrogen) atoms. The number of hydrogen-bond donors (Lipinski definition) is 0. The van der Waals surface area contributed by atoms with Gasteiger partial charge in [-0.05, 0) is 45.9 Å². The van der Waals surface area contributed by atoms with Crippen LogP contribution in [0.5, 0.6) is 5.88 Å². The summed E-state index contributed by atoms with van der Waals surface area (Å²) in [6.45, 7) is 7.74. The molecule has 0 aliphatic rings. The van der Waals surface area contributed by atoms with E-state index in [1.54, 1.807) is 26.1 Å². The molecule has 3 rings (SSSR count). The van der Waals surface area contributed by atoms with Gasteiger partial charge in [0.1, 0.15) is 18.1 Å². The number of rotatable bonds is 6. The number of pyridine rings is 1. The lowest BCUT2D eigenvalue weighted by Crippen LogP contribution is -2.10. The van der Waals surface area contributed by atoms with E-state index in [-0.39, 0.29) is 18.9 Å². The van der Waals surface area contributed by atoms with Crippen LogP contribution in [0.25, 0.3) is 11.3 Å². The number of aromatic nitrogens is 4. The first-order chi connectivity index (χ1) is 13.0. The Morgan fingerprint density at radius 1 is 1.19 bits per heavy atom. The molecule has 8 heteroatoms. The van der Waals surface area contributed by atoms with Gasteiger partial charge in [0.05, 0.1) is 12.2 Å². The van der Waals surface area contributed by atoms with Crippen LogP contribution in [0.4, 0.5) is 0 Å². The zero-order valence-corrected chi connectivity index (χ0v) is 15.6. The lowest BCUT2D eigenvalue weighted by atomic mass is 10.1. The lowest BCUT2D eigenvalue weighted by molar-refractivity contribution is 0.0517. The fourth-order valence-corrected chi connectivity index (χ4v) is 2.46. The molecule has 0 saturated carbocycles. The number of esters is 1. The summed E-state index contributed by atoms with van der Waals surface area (Å²) in [4.78, 5) is 16.0.